The Hall–Kier alpha value is -1.02. The smallest absolute Gasteiger partial charge is 0.307 e. The van der Waals surface area contributed by atoms with Crippen LogP contribution in [-0.4, -0.2) is 60.7 Å². The maximum atomic E-state index is 11.8. The van der Waals surface area contributed by atoms with Crippen LogP contribution in [0.3, 0.4) is 0 Å². The van der Waals surface area contributed by atoms with Crippen LogP contribution in [0.15, 0.2) is 23.3 Å². The SMILES string of the molecule is CC1C(C2=CC3C(C2)C3C(=O)O)=CC[C@@]2(C)C1CC[C@@]1(C)C3CC[C@@]4(NCCN5CC6(S(=O)[O-])CC5C6)CCC[C@@H]4[C@H]3CCC21. The lowest BCUT2D eigenvalue weighted by Gasteiger charge is -2.67. The molecule has 10 rings (SSSR count). The first-order valence-electron chi connectivity index (χ1n) is 18.7. The van der Waals surface area contributed by atoms with Gasteiger partial charge in [0.05, 0.1) is 5.92 Å². The van der Waals surface area contributed by atoms with Gasteiger partial charge in [0.2, 0.25) is 0 Å². The molecule has 8 fully saturated rings. The van der Waals surface area contributed by atoms with Gasteiger partial charge < -0.3 is 15.0 Å². The Bertz CT molecular complexity index is 1370. The van der Waals surface area contributed by atoms with Gasteiger partial charge in [-0.1, -0.05) is 39.3 Å². The Labute approximate surface area is 272 Å². The van der Waals surface area contributed by atoms with Crippen molar-refractivity contribution in [2.45, 2.75) is 121 Å². The molecule has 6 nitrogen and oxygen atoms in total. The fraction of sp³-hybridized carbons (Fsp3) is 0.868. The minimum absolute atomic E-state index is 0.117. The third-order valence-electron chi connectivity index (χ3n) is 16.9. The van der Waals surface area contributed by atoms with E-state index in [0.717, 1.165) is 68.5 Å². The molecule has 7 heteroatoms. The second kappa shape index (κ2) is 10.0. The number of rotatable bonds is 7. The highest BCUT2D eigenvalue weighted by Crippen LogP contribution is 2.71. The minimum Gasteiger partial charge on any atom is -0.772 e. The topological polar surface area (TPSA) is 92.7 Å². The number of hydrogen-bond acceptors (Lipinski definition) is 5. The fourth-order valence-corrected chi connectivity index (χ4v) is 15.7. The van der Waals surface area contributed by atoms with Crippen LogP contribution in [-0.2, 0) is 15.9 Å². The molecule has 0 spiro atoms. The highest BCUT2D eigenvalue weighted by atomic mass is 32.2. The van der Waals surface area contributed by atoms with Crippen LogP contribution in [0.4, 0.5) is 0 Å². The predicted octanol–water partition coefficient (Wildman–Crippen LogP) is 6.31. The molecule has 2 N–H and O–H groups in total. The lowest BCUT2D eigenvalue weighted by molar-refractivity contribution is -0.166. The first-order chi connectivity index (χ1) is 21.5. The van der Waals surface area contributed by atoms with Crippen LogP contribution in [0.1, 0.15) is 104 Å². The number of carboxylic acid groups (broad SMARTS) is 1. The molecule has 2 bridgehead atoms. The molecule has 6 saturated carbocycles. The van der Waals surface area contributed by atoms with E-state index >= 15 is 0 Å². The lowest BCUT2D eigenvalue weighted by Crippen LogP contribution is -2.63. The lowest BCUT2D eigenvalue weighted by atomic mass is 9.38. The molecular formula is C38H55N2O4S-. The van der Waals surface area contributed by atoms with E-state index in [0.29, 0.717) is 40.2 Å². The van der Waals surface area contributed by atoms with Gasteiger partial charge in [0.25, 0.3) is 0 Å². The molecular weight excluding hydrogens is 580 g/mol. The van der Waals surface area contributed by atoms with Gasteiger partial charge in [0, 0.05) is 36.0 Å². The van der Waals surface area contributed by atoms with Gasteiger partial charge in [-0.2, -0.15) is 0 Å². The highest BCUT2D eigenvalue weighted by molar-refractivity contribution is 7.80. The molecule has 10 aliphatic rings. The van der Waals surface area contributed by atoms with E-state index < -0.39 is 21.8 Å². The zero-order chi connectivity index (χ0) is 31.1. The molecule has 2 aliphatic heterocycles. The standard InChI is InChI=1S/C38H56N2O4S/c1-22-25(23-17-27-28(18-23)33(27)34(41)42)8-12-35(2)29(22)9-13-36(3)30-10-14-38(11-4-5-31(38)26(30)6-7-32(35)36)39-15-16-40-21-37(45(43)44)19-24(40)20-37/h8,17,22,24,26-33,39H,4-7,9-16,18-21H2,1-3H3,(H,41,42)(H,43,44)/p-1/t22?,24?,26-,27?,28?,29?,30?,31+,32?,33?,35-,36-,37?,38-/m0/s1. The Morgan fingerprint density at radius 2 is 1.84 bits per heavy atom. The van der Waals surface area contributed by atoms with Gasteiger partial charge in [0.15, 0.2) is 0 Å². The average Bonchev–Trinajstić information content (AvgIpc) is 3.45. The molecule has 0 amide bonds. The first-order valence-corrected chi connectivity index (χ1v) is 19.8. The summed E-state index contributed by atoms with van der Waals surface area (Å²) < 4.78 is 23.2. The van der Waals surface area contributed by atoms with Gasteiger partial charge in [-0.05, 0) is 157 Å². The molecule has 2 heterocycles. The van der Waals surface area contributed by atoms with Crippen LogP contribution in [0.5, 0.6) is 0 Å². The summed E-state index contributed by atoms with van der Waals surface area (Å²) in [5.41, 5.74) is 4.19. The molecule has 0 aromatic carbocycles. The molecule has 0 radical (unpaired) electrons. The van der Waals surface area contributed by atoms with Crippen molar-refractivity contribution in [3.8, 4) is 0 Å². The highest BCUT2D eigenvalue weighted by Gasteiger charge is 2.65. The third kappa shape index (κ3) is 4.08. The van der Waals surface area contributed by atoms with Gasteiger partial charge in [0.1, 0.15) is 0 Å². The Balaban J connectivity index is 0.889. The van der Waals surface area contributed by atoms with Gasteiger partial charge in [-0.3, -0.25) is 13.9 Å². The van der Waals surface area contributed by atoms with Gasteiger partial charge in [-0.15, -0.1) is 0 Å². The maximum Gasteiger partial charge on any atom is 0.307 e. The summed E-state index contributed by atoms with van der Waals surface area (Å²) in [5.74, 6) is 4.58. The van der Waals surface area contributed by atoms with E-state index in [1.54, 1.807) is 5.57 Å². The minimum atomic E-state index is -1.94. The first kappa shape index (κ1) is 30.1. The van der Waals surface area contributed by atoms with Gasteiger partial charge >= 0.3 is 5.97 Å². The van der Waals surface area contributed by atoms with Crippen molar-refractivity contribution in [1.82, 2.24) is 10.2 Å². The van der Waals surface area contributed by atoms with Crippen LogP contribution in [0.2, 0.25) is 0 Å². The summed E-state index contributed by atoms with van der Waals surface area (Å²) in [5, 5.41) is 13.7. The summed E-state index contributed by atoms with van der Waals surface area (Å²) >= 11 is -1.94. The van der Waals surface area contributed by atoms with Crippen LogP contribution >= 0.6 is 0 Å². The van der Waals surface area contributed by atoms with Gasteiger partial charge in [-0.25, -0.2) is 0 Å². The summed E-state index contributed by atoms with van der Waals surface area (Å²) in [6.45, 7) is 10.7. The van der Waals surface area contributed by atoms with E-state index in [1.165, 1.54) is 69.8 Å². The number of hydrogen-bond donors (Lipinski definition) is 2. The Morgan fingerprint density at radius 3 is 2.56 bits per heavy atom. The summed E-state index contributed by atoms with van der Waals surface area (Å²) in [4.78, 5) is 14.0. The van der Waals surface area contributed by atoms with Crippen molar-refractivity contribution >= 4 is 17.0 Å². The van der Waals surface area contributed by atoms with E-state index in [2.05, 4.69) is 43.1 Å². The zero-order valence-electron chi connectivity index (χ0n) is 27.8. The monoisotopic (exact) mass is 635 g/mol. The number of nitrogens with zero attached hydrogens (tertiary/aromatic N) is 1. The van der Waals surface area contributed by atoms with E-state index in [4.69, 9.17) is 0 Å². The molecule has 0 aromatic rings. The normalized spacial score (nSPS) is 54.8. The molecule has 0 aromatic heterocycles. The van der Waals surface area contributed by atoms with E-state index in [1.807, 2.05) is 0 Å². The van der Waals surface area contributed by atoms with Crippen molar-refractivity contribution in [1.29, 1.82) is 0 Å². The van der Waals surface area contributed by atoms with Crippen molar-refractivity contribution in [3.63, 3.8) is 0 Å². The second-order valence-corrected chi connectivity index (χ2v) is 19.6. The average molecular weight is 636 g/mol. The van der Waals surface area contributed by atoms with Crippen molar-refractivity contribution < 1.29 is 18.7 Å². The van der Waals surface area contributed by atoms with Crippen LogP contribution < -0.4 is 5.32 Å². The molecule has 45 heavy (non-hydrogen) atoms. The fourth-order valence-electron chi connectivity index (χ4n) is 14.8. The third-order valence-corrected chi connectivity index (χ3v) is 18.1. The number of carboxylic acids is 1. The predicted molar refractivity (Wildman–Crippen MR) is 175 cm³/mol. The zero-order valence-corrected chi connectivity index (χ0v) is 28.6. The largest absolute Gasteiger partial charge is 0.772 e. The maximum absolute atomic E-state index is 11.8. The van der Waals surface area contributed by atoms with Crippen molar-refractivity contribution in [2.24, 2.45) is 64.1 Å². The Morgan fingerprint density at radius 1 is 1.04 bits per heavy atom. The summed E-state index contributed by atoms with van der Waals surface area (Å²) in [7, 11) is 0. The molecule has 248 valence electrons. The Kier molecular flexibility index (Phi) is 6.69. The van der Waals surface area contributed by atoms with E-state index in [-0.39, 0.29) is 5.92 Å². The number of allylic oxidation sites excluding steroid dienone is 4. The summed E-state index contributed by atoms with van der Waals surface area (Å²) in [6, 6.07) is 0.488. The molecule has 8 unspecified atom stereocenters. The van der Waals surface area contributed by atoms with Crippen LogP contribution in [0.25, 0.3) is 0 Å². The number of fused-ring (bicyclic) bond motifs is 9. The molecule has 13 atom stereocenters. The molecule has 2 saturated heterocycles. The second-order valence-electron chi connectivity index (χ2n) is 18.3. The number of aliphatic carboxylic acids is 1. The van der Waals surface area contributed by atoms with Crippen molar-refractivity contribution in [3.05, 3.63) is 23.3 Å². The molecule has 8 aliphatic carbocycles. The van der Waals surface area contributed by atoms with E-state index in [9.17, 15) is 18.7 Å². The number of nitrogens with one attached hydrogen (secondary N) is 1. The van der Waals surface area contributed by atoms with Crippen LogP contribution in [0, 0.1) is 64.1 Å². The summed E-state index contributed by atoms with van der Waals surface area (Å²) in [6.07, 6.45) is 21.2. The van der Waals surface area contributed by atoms with Crippen molar-refractivity contribution in [2.75, 3.05) is 19.6 Å². The quantitative estimate of drug-likeness (QED) is 0.319. The number of carbonyl (C=O) groups is 1.